The third-order valence-electron chi connectivity index (χ3n) is 2.73. The van der Waals surface area contributed by atoms with Gasteiger partial charge in [0.1, 0.15) is 10.7 Å². The van der Waals surface area contributed by atoms with Crippen molar-refractivity contribution in [2.24, 2.45) is 0 Å². The molecule has 0 aliphatic rings. The van der Waals surface area contributed by atoms with Crippen LogP contribution in [0.5, 0.6) is 0 Å². The molecule has 2 aromatic carbocycles. The third-order valence-corrected chi connectivity index (χ3v) is 4.61. The first-order chi connectivity index (χ1) is 9.92. The normalized spacial score (nSPS) is 11.1. The number of benzene rings is 2. The Morgan fingerprint density at radius 3 is 2.48 bits per heavy atom. The molecule has 0 aliphatic heterocycles. The summed E-state index contributed by atoms with van der Waals surface area (Å²) in [4.78, 5) is -0.162. The van der Waals surface area contributed by atoms with Crippen LogP contribution in [-0.4, -0.2) is 8.42 Å². The molecule has 0 amide bonds. The molecule has 0 unspecified atom stereocenters. The number of halogens is 2. The monoisotopic (exact) mass is 324 g/mol. The van der Waals surface area contributed by atoms with Crippen LogP contribution < -0.4 is 4.72 Å². The molecule has 108 valence electrons. The van der Waals surface area contributed by atoms with E-state index in [0.29, 0.717) is 5.56 Å². The Balaban J connectivity index is 2.23. The molecule has 0 saturated carbocycles. The minimum Gasteiger partial charge on any atom is -0.207 e. The summed E-state index contributed by atoms with van der Waals surface area (Å²) >= 11 is 5.86. The fraction of sp³-hybridized carbons (Fsp3) is 0.0714. The predicted octanol–water partition coefficient (Wildman–Crippen LogP) is 2.83. The van der Waals surface area contributed by atoms with E-state index in [-0.39, 0.29) is 22.0 Å². The average molecular weight is 325 g/mol. The summed E-state index contributed by atoms with van der Waals surface area (Å²) in [5.41, 5.74) is 0.800. The summed E-state index contributed by atoms with van der Waals surface area (Å²) in [6.45, 7) is -0.00424. The first kappa shape index (κ1) is 15.4. The lowest BCUT2D eigenvalue weighted by molar-refractivity contribution is 0.581. The van der Waals surface area contributed by atoms with Crippen LogP contribution in [0, 0.1) is 17.1 Å². The van der Waals surface area contributed by atoms with E-state index in [0.717, 1.165) is 0 Å². The molecule has 0 spiro atoms. The molecule has 0 aromatic heterocycles. The molecule has 2 aromatic rings. The van der Waals surface area contributed by atoms with Crippen molar-refractivity contribution in [2.45, 2.75) is 11.4 Å². The second-order valence-electron chi connectivity index (χ2n) is 4.21. The predicted molar refractivity (Wildman–Crippen MR) is 76.6 cm³/mol. The third kappa shape index (κ3) is 3.79. The number of hydrogen-bond acceptors (Lipinski definition) is 3. The molecule has 0 bridgehead atoms. The van der Waals surface area contributed by atoms with Gasteiger partial charge in [-0.25, -0.2) is 17.5 Å². The first-order valence-corrected chi connectivity index (χ1v) is 7.72. The highest BCUT2D eigenvalue weighted by Gasteiger charge is 2.18. The highest BCUT2D eigenvalue weighted by Crippen LogP contribution is 2.22. The van der Waals surface area contributed by atoms with E-state index in [9.17, 15) is 12.8 Å². The second-order valence-corrected chi connectivity index (χ2v) is 6.35. The van der Waals surface area contributed by atoms with Gasteiger partial charge >= 0.3 is 0 Å². The van der Waals surface area contributed by atoms with Crippen molar-refractivity contribution in [1.82, 2.24) is 4.72 Å². The number of sulfonamides is 1. The van der Waals surface area contributed by atoms with E-state index >= 15 is 0 Å². The Morgan fingerprint density at radius 2 is 1.86 bits per heavy atom. The molecule has 2 rings (SSSR count). The van der Waals surface area contributed by atoms with Crippen molar-refractivity contribution in [3.8, 4) is 6.07 Å². The molecule has 0 saturated heterocycles. The summed E-state index contributed by atoms with van der Waals surface area (Å²) in [6.07, 6.45) is 0. The second kappa shape index (κ2) is 6.22. The number of nitrogens with zero attached hydrogens (tertiary/aromatic N) is 1. The van der Waals surface area contributed by atoms with Crippen LogP contribution in [-0.2, 0) is 16.6 Å². The lowest BCUT2D eigenvalue weighted by atomic mass is 10.2. The molecule has 0 fully saturated rings. The van der Waals surface area contributed by atoms with Gasteiger partial charge in [-0.05, 0) is 35.9 Å². The van der Waals surface area contributed by atoms with Gasteiger partial charge in [0.15, 0.2) is 0 Å². The minimum atomic E-state index is -3.86. The quantitative estimate of drug-likeness (QED) is 0.940. The van der Waals surface area contributed by atoms with Crippen LogP contribution in [0.3, 0.4) is 0 Å². The van der Waals surface area contributed by atoms with Gasteiger partial charge < -0.3 is 0 Å². The summed E-state index contributed by atoms with van der Waals surface area (Å²) in [5.74, 6) is -0.397. The van der Waals surface area contributed by atoms with Crippen molar-refractivity contribution in [2.75, 3.05) is 0 Å². The van der Waals surface area contributed by atoms with Gasteiger partial charge in [0.05, 0.1) is 16.7 Å². The smallest absolute Gasteiger partial charge is 0.207 e. The van der Waals surface area contributed by atoms with Crippen molar-refractivity contribution in [3.05, 3.63) is 64.4 Å². The zero-order valence-corrected chi connectivity index (χ0v) is 12.2. The maximum atomic E-state index is 12.8. The minimum absolute atomic E-state index is 0.00424. The van der Waals surface area contributed by atoms with E-state index in [4.69, 9.17) is 16.9 Å². The molecular weight excluding hydrogens is 315 g/mol. The van der Waals surface area contributed by atoms with Crippen LogP contribution in [0.1, 0.15) is 11.1 Å². The fourth-order valence-electron chi connectivity index (χ4n) is 1.64. The zero-order chi connectivity index (χ0) is 15.5. The van der Waals surface area contributed by atoms with Gasteiger partial charge in [-0.2, -0.15) is 5.26 Å². The van der Waals surface area contributed by atoms with E-state index in [1.807, 2.05) is 6.07 Å². The molecule has 7 heteroatoms. The van der Waals surface area contributed by atoms with Crippen LogP contribution in [0.15, 0.2) is 47.4 Å². The van der Waals surface area contributed by atoms with Gasteiger partial charge in [0.2, 0.25) is 10.0 Å². The summed E-state index contributed by atoms with van der Waals surface area (Å²) in [5, 5.41) is 8.84. The Bertz CT molecular complexity index is 799. The number of hydrogen-bond donors (Lipinski definition) is 1. The highest BCUT2D eigenvalue weighted by atomic mass is 35.5. The molecular formula is C14H10ClFN2O2S. The lowest BCUT2D eigenvalue weighted by Gasteiger charge is -2.08. The largest absolute Gasteiger partial charge is 0.242 e. The van der Waals surface area contributed by atoms with Crippen LogP contribution in [0.2, 0.25) is 5.02 Å². The number of nitrogens with one attached hydrogen (secondary N) is 1. The van der Waals surface area contributed by atoms with Crippen molar-refractivity contribution >= 4 is 21.6 Å². The van der Waals surface area contributed by atoms with E-state index in [2.05, 4.69) is 4.72 Å². The van der Waals surface area contributed by atoms with Crippen molar-refractivity contribution in [1.29, 1.82) is 5.26 Å². The maximum absolute atomic E-state index is 12.8. The molecule has 0 heterocycles. The van der Waals surface area contributed by atoms with Gasteiger partial charge in [0.25, 0.3) is 0 Å². The van der Waals surface area contributed by atoms with E-state index in [1.165, 1.54) is 42.5 Å². The fourth-order valence-corrected chi connectivity index (χ4v) is 3.18. The topological polar surface area (TPSA) is 70.0 Å². The zero-order valence-electron chi connectivity index (χ0n) is 10.7. The van der Waals surface area contributed by atoms with Gasteiger partial charge in [-0.1, -0.05) is 23.7 Å². The van der Waals surface area contributed by atoms with Crippen LogP contribution in [0.25, 0.3) is 0 Å². The molecule has 0 atom stereocenters. The molecule has 0 aliphatic carbocycles. The lowest BCUT2D eigenvalue weighted by Crippen LogP contribution is -2.23. The van der Waals surface area contributed by atoms with Crippen molar-refractivity contribution in [3.63, 3.8) is 0 Å². The number of rotatable bonds is 4. The van der Waals surface area contributed by atoms with E-state index in [1.54, 1.807) is 0 Å². The summed E-state index contributed by atoms with van der Waals surface area (Å²) < 4.78 is 39.5. The van der Waals surface area contributed by atoms with E-state index < -0.39 is 15.8 Å². The average Bonchev–Trinajstić information content (AvgIpc) is 2.47. The van der Waals surface area contributed by atoms with Crippen LogP contribution >= 0.6 is 11.6 Å². The first-order valence-electron chi connectivity index (χ1n) is 5.86. The Morgan fingerprint density at radius 1 is 1.19 bits per heavy atom. The molecule has 0 radical (unpaired) electrons. The number of nitriles is 1. The van der Waals surface area contributed by atoms with Crippen molar-refractivity contribution < 1.29 is 12.8 Å². The van der Waals surface area contributed by atoms with Gasteiger partial charge in [-0.15, -0.1) is 0 Å². The molecule has 4 nitrogen and oxygen atoms in total. The Hall–Kier alpha value is -1.94. The summed E-state index contributed by atoms with van der Waals surface area (Å²) in [7, 11) is -3.86. The Labute approximate surface area is 126 Å². The summed E-state index contributed by atoms with van der Waals surface area (Å²) in [6, 6.07) is 11.3. The van der Waals surface area contributed by atoms with Gasteiger partial charge in [0, 0.05) is 6.54 Å². The maximum Gasteiger partial charge on any atom is 0.242 e. The highest BCUT2D eigenvalue weighted by molar-refractivity contribution is 7.89. The standard InChI is InChI=1S/C14H10ClFN2O2S/c15-13-6-3-11(8-17)7-14(13)21(19,20)18-9-10-1-4-12(16)5-2-10/h1-7,18H,9H2. The SMILES string of the molecule is N#Cc1ccc(Cl)c(S(=O)(=O)NCc2ccc(F)cc2)c1. The Kier molecular flexibility index (Phi) is 4.58. The molecule has 1 N–H and O–H groups in total. The van der Waals surface area contributed by atoms with Gasteiger partial charge in [-0.3, -0.25) is 0 Å². The van der Waals surface area contributed by atoms with Crippen LogP contribution in [0.4, 0.5) is 4.39 Å². The molecule has 21 heavy (non-hydrogen) atoms.